The molecular weight excluding hydrogens is 304 g/mol. The van der Waals surface area contributed by atoms with Gasteiger partial charge in [-0.1, -0.05) is 24.3 Å². The van der Waals surface area contributed by atoms with Crippen molar-refractivity contribution in [1.82, 2.24) is 4.98 Å². The molecule has 120 valence electrons. The van der Waals surface area contributed by atoms with E-state index in [9.17, 15) is 9.59 Å². The summed E-state index contributed by atoms with van der Waals surface area (Å²) in [7, 11) is 1.32. The van der Waals surface area contributed by atoms with Gasteiger partial charge in [0.25, 0.3) is 0 Å². The van der Waals surface area contributed by atoms with Crippen LogP contribution in [0.15, 0.2) is 60.8 Å². The number of hydrogen-bond acceptors (Lipinski definition) is 3. The van der Waals surface area contributed by atoms with Crippen molar-refractivity contribution in [2.24, 2.45) is 0 Å². The third-order valence-electron chi connectivity index (χ3n) is 3.59. The maximum absolute atomic E-state index is 12.1. The Bertz CT molecular complexity index is 925. The van der Waals surface area contributed by atoms with E-state index in [0.717, 1.165) is 16.5 Å². The fourth-order valence-electron chi connectivity index (χ4n) is 2.42. The van der Waals surface area contributed by atoms with E-state index < -0.39 is 5.97 Å². The number of benzene rings is 2. The summed E-state index contributed by atoms with van der Waals surface area (Å²) in [4.78, 5) is 26.7. The second-order valence-electron chi connectivity index (χ2n) is 5.18. The van der Waals surface area contributed by atoms with Gasteiger partial charge in [0, 0.05) is 28.9 Å². The van der Waals surface area contributed by atoms with Gasteiger partial charge in [-0.15, -0.1) is 0 Å². The number of aromatic amines is 1. The first kappa shape index (κ1) is 15.6. The van der Waals surface area contributed by atoms with Crippen LogP contribution in [0.1, 0.15) is 15.9 Å². The third-order valence-corrected chi connectivity index (χ3v) is 3.59. The van der Waals surface area contributed by atoms with Gasteiger partial charge < -0.3 is 15.0 Å². The quantitative estimate of drug-likeness (QED) is 0.570. The molecule has 0 aliphatic carbocycles. The number of ether oxygens (including phenoxy) is 1. The molecule has 2 N–H and O–H groups in total. The molecule has 0 bridgehead atoms. The van der Waals surface area contributed by atoms with E-state index in [4.69, 9.17) is 0 Å². The highest BCUT2D eigenvalue weighted by atomic mass is 16.5. The van der Waals surface area contributed by atoms with E-state index in [1.807, 2.05) is 30.5 Å². The largest absolute Gasteiger partial charge is 0.465 e. The lowest BCUT2D eigenvalue weighted by molar-refractivity contribution is -0.111. The van der Waals surface area contributed by atoms with E-state index in [1.165, 1.54) is 13.2 Å². The number of nitrogens with one attached hydrogen (secondary N) is 2. The Kier molecular flexibility index (Phi) is 4.43. The molecule has 0 aliphatic rings. The summed E-state index contributed by atoms with van der Waals surface area (Å²) >= 11 is 0. The lowest BCUT2D eigenvalue weighted by Gasteiger charge is -2.04. The molecular formula is C19H16N2O3. The second kappa shape index (κ2) is 6.83. The first-order valence-corrected chi connectivity index (χ1v) is 7.41. The third kappa shape index (κ3) is 3.35. The molecule has 5 nitrogen and oxygen atoms in total. The van der Waals surface area contributed by atoms with E-state index in [0.29, 0.717) is 11.3 Å². The Morgan fingerprint density at radius 1 is 1.12 bits per heavy atom. The lowest BCUT2D eigenvalue weighted by atomic mass is 10.1. The van der Waals surface area contributed by atoms with Crippen molar-refractivity contribution in [3.63, 3.8) is 0 Å². The lowest BCUT2D eigenvalue weighted by Crippen LogP contribution is -2.09. The van der Waals surface area contributed by atoms with Crippen LogP contribution in [0.25, 0.3) is 17.0 Å². The van der Waals surface area contributed by atoms with Crippen LogP contribution in [0.4, 0.5) is 5.69 Å². The maximum atomic E-state index is 12.1. The molecule has 1 amide bonds. The predicted octanol–water partition coefficient (Wildman–Crippen LogP) is 3.61. The smallest absolute Gasteiger partial charge is 0.337 e. The van der Waals surface area contributed by atoms with Crippen molar-refractivity contribution in [3.05, 3.63) is 71.9 Å². The highest BCUT2D eigenvalue weighted by Gasteiger charge is 2.06. The molecule has 3 rings (SSSR count). The molecule has 0 atom stereocenters. The minimum atomic E-state index is -0.444. The topological polar surface area (TPSA) is 71.2 Å². The molecule has 24 heavy (non-hydrogen) atoms. The minimum Gasteiger partial charge on any atom is -0.465 e. The molecule has 0 radical (unpaired) electrons. The van der Waals surface area contributed by atoms with Gasteiger partial charge in [-0.3, -0.25) is 4.79 Å². The van der Waals surface area contributed by atoms with Crippen LogP contribution in [-0.2, 0) is 9.53 Å². The van der Waals surface area contributed by atoms with Gasteiger partial charge in [0.05, 0.1) is 12.7 Å². The number of carbonyl (C=O) groups is 2. The van der Waals surface area contributed by atoms with Crippen molar-refractivity contribution >= 4 is 34.5 Å². The van der Waals surface area contributed by atoms with Crippen LogP contribution in [0.2, 0.25) is 0 Å². The number of anilines is 1. The summed E-state index contributed by atoms with van der Waals surface area (Å²) in [6, 6.07) is 14.5. The maximum Gasteiger partial charge on any atom is 0.337 e. The molecule has 0 aliphatic heterocycles. The van der Waals surface area contributed by atoms with Crippen molar-refractivity contribution in [2.75, 3.05) is 12.4 Å². The average Bonchev–Trinajstić information content (AvgIpc) is 3.03. The number of para-hydroxylation sites is 1. The Morgan fingerprint density at radius 3 is 2.79 bits per heavy atom. The molecule has 2 aromatic carbocycles. The molecule has 0 fully saturated rings. The first-order valence-electron chi connectivity index (χ1n) is 7.41. The number of hydrogen-bond donors (Lipinski definition) is 2. The molecule has 3 aromatic rings. The van der Waals surface area contributed by atoms with Crippen molar-refractivity contribution < 1.29 is 14.3 Å². The summed E-state index contributed by atoms with van der Waals surface area (Å²) in [6.07, 6.45) is 5.06. The average molecular weight is 320 g/mol. The minimum absolute atomic E-state index is 0.276. The van der Waals surface area contributed by atoms with Gasteiger partial charge in [-0.05, 0) is 35.9 Å². The van der Waals surface area contributed by atoms with Gasteiger partial charge in [0.2, 0.25) is 5.91 Å². The van der Waals surface area contributed by atoms with Crippen LogP contribution in [0.5, 0.6) is 0 Å². The van der Waals surface area contributed by atoms with Crippen molar-refractivity contribution in [2.45, 2.75) is 0 Å². The van der Waals surface area contributed by atoms with E-state index in [1.54, 1.807) is 30.3 Å². The summed E-state index contributed by atoms with van der Waals surface area (Å²) in [5, 5.41) is 3.78. The first-order chi connectivity index (χ1) is 11.7. The zero-order valence-corrected chi connectivity index (χ0v) is 13.1. The van der Waals surface area contributed by atoms with Crippen LogP contribution in [-0.4, -0.2) is 24.0 Å². The summed E-state index contributed by atoms with van der Waals surface area (Å²) < 4.78 is 4.66. The Morgan fingerprint density at radius 2 is 1.96 bits per heavy atom. The van der Waals surface area contributed by atoms with Crippen molar-refractivity contribution in [3.8, 4) is 0 Å². The number of aromatic nitrogens is 1. The number of methoxy groups -OCH3 is 1. The highest BCUT2D eigenvalue weighted by molar-refractivity contribution is 6.04. The summed E-state index contributed by atoms with van der Waals surface area (Å²) in [5.74, 6) is -0.720. The van der Waals surface area contributed by atoms with Crippen molar-refractivity contribution in [1.29, 1.82) is 0 Å². The fourth-order valence-corrected chi connectivity index (χ4v) is 2.42. The van der Waals surface area contributed by atoms with E-state index in [2.05, 4.69) is 15.0 Å². The van der Waals surface area contributed by atoms with Crippen LogP contribution in [0.3, 0.4) is 0 Å². The fraction of sp³-hybridized carbons (Fsp3) is 0.0526. The number of amides is 1. The molecule has 1 heterocycles. The standard InChI is InChI=1S/C19H16N2O3/c1-24-19(23)13-5-4-6-15(11-13)21-18(22)10-9-14-12-20-17-8-3-2-7-16(14)17/h2-12,20H,1H3,(H,21,22)/b10-9+. The van der Waals surface area contributed by atoms with Crippen LogP contribution in [0, 0.1) is 0 Å². The summed E-state index contributed by atoms with van der Waals surface area (Å²) in [5.41, 5.74) is 2.87. The normalized spacial score (nSPS) is 10.9. The Balaban J connectivity index is 1.73. The number of esters is 1. The molecule has 5 heteroatoms. The molecule has 0 spiro atoms. The van der Waals surface area contributed by atoms with Gasteiger partial charge in [0.1, 0.15) is 0 Å². The van der Waals surface area contributed by atoms with Gasteiger partial charge in [-0.25, -0.2) is 4.79 Å². The molecule has 1 aromatic heterocycles. The summed E-state index contributed by atoms with van der Waals surface area (Å²) in [6.45, 7) is 0. The Hall–Kier alpha value is -3.34. The Labute approximate surface area is 139 Å². The van der Waals surface area contributed by atoms with Crippen LogP contribution >= 0.6 is 0 Å². The van der Waals surface area contributed by atoms with Gasteiger partial charge >= 0.3 is 5.97 Å². The predicted molar refractivity (Wildman–Crippen MR) is 93.7 cm³/mol. The molecule has 0 saturated carbocycles. The SMILES string of the molecule is COC(=O)c1cccc(NC(=O)/C=C/c2c[nH]c3ccccc23)c1. The zero-order valence-electron chi connectivity index (χ0n) is 13.1. The number of fused-ring (bicyclic) bond motifs is 1. The zero-order chi connectivity index (χ0) is 16.9. The van der Waals surface area contributed by atoms with E-state index in [-0.39, 0.29) is 5.91 Å². The monoisotopic (exact) mass is 320 g/mol. The van der Waals surface area contributed by atoms with E-state index >= 15 is 0 Å². The van der Waals surface area contributed by atoms with Crippen LogP contribution < -0.4 is 5.32 Å². The van der Waals surface area contributed by atoms with Gasteiger partial charge in [0.15, 0.2) is 0 Å². The number of carbonyl (C=O) groups excluding carboxylic acids is 2. The second-order valence-corrected chi connectivity index (χ2v) is 5.18. The molecule has 0 unspecified atom stereocenters. The highest BCUT2D eigenvalue weighted by Crippen LogP contribution is 2.19. The number of H-pyrrole nitrogens is 1. The van der Waals surface area contributed by atoms with Gasteiger partial charge in [-0.2, -0.15) is 0 Å². The number of rotatable bonds is 4. The molecule has 0 saturated heterocycles.